The third-order valence-corrected chi connectivity index (χ3v) is 4.98. The van der Waals surface area contributed by atoms with E-state index in [4.69, 9.17) is 20.9 Å². The van der Waals surface area contributed by atoms with E-state index < -0.39 is 10.0 Å². The second-order valence-electron chi connectivity index (χ2n) is 5.28. The molecule has 3 rings (SSSR count). The van der Waals surface area contributed by atoms with E-state index in [9.17, 15) is 8.42 Å². The van der Waals surface area contributed by atoms with E-state index in [1.54, 1.807) is 19.1 Å². The number of hydrogen-bond acceptors (Lipinski definition) is 7. The van der Waals surface area contributed by atoms with Gasteiger partial charge in [-0.2, -0.15) is 0 Å². The van der Waals surface area contributed by atoms with Gasteiger partial charge in [-0.15, -0.1) is 0 Å². The van der Waals surface area contributed by atoms with E-state index in [0.717, 1.165) is 0 Å². The van der Waals surface area contributed by atoms with Crippen LogP contribution in [0.5, 0.6) is 5.75 Å². The number of rotatable bonds is 6. The molecule has 0 fully saturated rings. The number of hydrogen-bond donors (Lipinski definition) is 2. The molecule has 2 aromatic heterocycles. The molecule has 0 radical (unpaired) electrons. The number of nitrogens with one attached hydrogen (secondary N) is 2. The van der Waals surface area contributed by atoms with Crippen LogP contribution in [0.2, 0.25) is 5.02 Å². The van der Waals surface area contributed by atoms with Gasteiger partial charge in [-0.1, -0.05) is 16.8 Å². The first-order valence-corrected chi connectivity index (χ1v) is 9.26. The predicted molar refractivity (Wildman–Crippen MR) is 97.6 cm³/mol. The number of methoxy groups -OCH3 is 1. The molecule has 26 heavy (non-hydrogen) atoms. The van der Waals surface area contributed by atoms with Crippen molar-refractivity contribution in [3.63, 3.8) is 0 Å². The second kappa shape index (κ2) is 7.22. The number of aromatic nitrogens is 2. The molecule has 0 atom stereocenters. The summed E-state index contributed by atoms with van der Waals surface area (Å²) in [5.41, 5.74) is 0.633. The van der Waals surface area contributed by atoms with Crippen LogP contribution in [0.3, 0.4) is 0 Å². The summed E-state index contributed by atoms with van der Waals surface area (Å²) in [6.07, 6.45) is 1.48. The van der Waals surface area contributed by atoms with Crippen LogP contribution in [0.1, 0.15) is 5.76 Å². The number of anilines is 3. The molecule has 0 amide bonds. The highest BCUT2D eigenvalue weighted by Gasteiger charge is 2.17. The zero-order valence-corrected chi connectivity index (χ0v) is 15.4. The van der Waals surface area contributed by atoms with E-state index in [1.165, 1.54) is 37.6 Å². The van der Waals surface area contributed by atoms with E-state index in [1.807, 2.05) is 0 Å². The van der Waals surface area contributed by atoms with Crippen LogP contribution in [0.25, 0.3) is 0 Å². The lowest BCUT2D eigenvalue weighted by Crippen LogP contribution is -2.14. The van der Waals surface area contributed by atoms with E-state index in [2.05, 4.69) is 20.2 Å². The van der Waals surface area contributed by atoms with Crippen molar-refractivity contribution in [2.75, 3.05) is 17.1 Å². The molecular weight excluding hydrogens is 380 g/mol. The van der Waals surface area contributed by atoms with Gasteiger partial charge in [-0.05, 0) is 37.3 Å². The molecular formula is C16H15ClN4O4S. The van der Waals surface area contributed by atoms with Crippen LogP contribution >= 0.6 is 11.6 Å². The first-order chi connectivity index (χ1) is 12.4. The van der Waals surface area contributed by atoms with Crippen LogP contribution in [0.15, 0.2) is 52.0 Å². The molecule has 0 aliphatic rings. The summed E-state index contributed by atoms with van der Waals surface area (Å²) in [5, 5.41) is 7.00. The standard InChI is InChI=1S/C16H15ClN4O4S/c1-10-7-16(20-25-10)19-11-3-6-15(18-9-11)21-26(22,23)12-4-5-14(24-2)13(17)8-12/h3-9H,1-2H3,(H,18,21)(H,19,20). The Morgan fingerprint density at radius 1 is 1.15 bits per heavy atom. The minimum atomic E-state index is -3.83. The van der Waals surface area contributed by atoms with Gasteiger partial charge in [0.25, 0.3) is 10.0 Å². The van der Waals surface area contributed by atoms with Crippen molar-refractivity contribution in [3.05, 3.63) is 53.4 Å². The third-order valence-electron chi connectivity index (χ3n) is 3.34. The molecule has 0 aliphatic carbocycles. The average molecular weight is 395 g/mol. The van der Waals surface area contributed by atoms with Crippen molar-refractivity contribution < 1.29 is 17.7 Å². The average Bonchev–Trinajstić information content (AvgIpc) is 3.01. The quantitative estimate of drug-likeness (QED) is 0.657. The van der Waals surface area contributed by atoms with Crippen LogP contribution in [0, 0.1) is 6.92 Å². The number of sulfonamides is 1. The molecule has 10 heteroatoms. The summed E-state index contributed by atoms with van der Waals surface area (Å²) in [7, 11) is -2.38. The predicted octanol–water partition coefficient (Wildman–Crippen LogP) is 3.58. The maximum Gasteiger partial charge on any atom is 0.263 e. The highest BCUT2D eigenvalue weighted by atomic mass is 35.5. The zero-order valence-electron chi connectivity index (χ0n) is 13.9. The van der Waals surface area contributed by atoms with Gasteiger partial charge in [0, 0.05) is 6.07 Å². The Balaban J connectivity index is 1.74. The lowest BCUT2D eigenvalue weighted by atomic mass is 10.3. The fourth-order valence-corrected chi connectivity index (χ4v) is 3.47. The molecule has 2 N–H and O–H groups in total. The molecule has 8 nitrogen and oxygen atoms in total. The summed E-state index contributed by atoms with van der Waals surface area (Å²) < 4.78 is 37.3. The Hall–Kier alpha value is -2.78. The van der Waals surface area contributed by atoms with Gasteiger partial charge in [0.2, 0.25) is 0 Å². The minimum absolute atomic E-state index is 0.00498. The fraction of sp³-hybridized carbons (Fsp3) is 0.125. The third kappa shape index (κ3) is 4.06. The van der Waals surface area contributed by atoms with E-state index in [0.29, 0.717) is 23.0 Å². The van der Waals surface area contributed by atoms with Crippen molar-refractivity contribution in [2.24, 2.45) is 0 Å². The van der Waals surface area contributed by atoms with Gasteiger partial charge in [-0.25, -0.2) is 13.4 Å². The Morgan fingerprint density at radius 2 is 1.96 bits per heavy atom. The SMILES string of the molecule is COc1ccc(S(=O)(=O)Nc2ccc(Nc3cc(C)on3)cn2)cc1Cl. The molecule has 0 spiro atoms. The molecule has 0 saturated heterocycles. The summed E-state index contributed by atoms with van der Waals surface area (Å²) in [6.45, 7) is 1.78. The summed E-state index contributed by atoms with van der Waals surface area (Å²) >= 11 is 5.98. The summed E-state index contributed by atoms with van der Waals surface area (Å²) in [5.74, 6) is 1.76. The van der Waals surface area contributed by atoms with Crippen LogP contribution < -0.4 is 14.8 Å². The van der Waals surface area contributed by atoms with Gasteiger partial charge >= 0.3 is 0 Å². The summed E-state index contributed by atoms with van der Waals surface area (Å²) in [6, 6.07) is 9.11. The summed E-state index contributed by atoms with van der Waals surface area (Å²) in [4.78, 5) is 4.08. The van der Waals surface area contributed by atoms with Crippen molar-refractivity contribution in [3.8, 4) is 5.75 Å². The highest BCUT2D eigenvalue weighted by molar-refractivity contribution is 7.92. The molecule has 0 unspecified atom stereocenters. The van der Waals surface area contributed by atoms with Gasteiger partial charge in [0.15, 0.2) is 5.82 Å². The molecule has 0 saturated carbocycles. The maximum absolute atomic E-state index is 12.4. The molecule has 1 aromatic carbocycles. The zero-order chi connectivity index (χ0) is 18.7. The Morgan fingerprint density at radius 3 is 2.54 bits per heavy atom. The van der Waals surface area contributed by atoms with Crippen LogP contribution in [-0.2, 0) is 10.0 Å². The Kier molecular flexibility index (Phi) is 5.01. The van der Waals surface area contributed by atoms with E-state index in [-0.39, 0.29) is 15.7 Å². The lowest BCUT2D eigenvalue weighted by molar-refractivity contribution is 0.400. The second-order valence-corrected chi connectivity index (χ2v) is 7.37. The minimum Gasteiger partial charge on any atom is -0.495 e. The van der Waals surface area contributed by atoms with Crippen molar-refractivity contribution in [2.45, 2.75) is 11.8 Å². The Labute approximate surface area is 155 Å². The van der Waals surface area contributed by atoms with Gasteiger partial charge in [-0.3, -0.25) is 4.72 Å². The monoisotopic (exact) mass is 394 g/mol. The fourth-order valence-electron chi connectivity index (χ4n) is 2.11. The van der Waals surface area contributed by atoms with Crippen molar-refractivity contribution in [1.82, 2.24) is 10.1 Å². The van der Waals surface area contributed by atoms with Gasteiger partial charge in [0.05, 0.1) is 28.9 Å². The topological polar surface area (TPSA) is 106 Å². The van der Waals surface area contributed by atoms with E-state index >= 15 is 0 Å². The van der Waals surface area contributed by atoms with Crippen molar-refractivity contribution in [1.29, 1.82) is 0 Å². The molecule has 136 valence electrons. The first-order valence-electron chi connectivity index (χ1n) is 7.40. The smallest absolute Gasteiger partial charge is 0.263 e. The van der Waals surface area contributed by atoms with Crippen LogP contribution in [0.4, 0.5) is 17.3 Å². The number of benzene rings is 1. The molecule has 0 aliphatic heterocycles. The van der Waals surface area contributed by atoms with Crippen LogP contribution in [-0.4, -0.2) is 25.7 Å². The number of pyridine rings is 1. The largest absolute Gasteiger partial charge is 0.495 e. The number of halogens is 1. The normalized spacial score (nSPS) is 11.2. The number of aryl methyl sites for hydroxylation is 1. The highest BCUT2D eigenvalue weighted by Crippen LogP contribution is 2.27. The maximum atomic E-state index is 12.4. The van der Waals surface area contributed by atoms with Gasteiger partial charge in [0.1, 0.15) is 17.3 Å². The number of ether oxygens (including phenoxy) is 1. The molecule has 0 bridgehead atoms. The number of nitrogens with zero attached hydrogens (tertiary/aromatic N) is 2. The molecule has 2 heterocycles. The Bertz CT molecular complexity index is 1020. The lowest BCUT2D eigenvalue weighted by Gasteiger charge is -2.10. The van der Waals surface area contributed by atoms with Gasteiger partial charge < -0.3 is 14.6 Å². The van der Waals surface area contributed by atoms with Crippen molar-refractivity contribution >= 4 is 38.9 Å². The first kappa shape index (κ1) is 18.0. The molecule has 3 aromatic rings.